The SMILES string of the molecule is CCC(CC)(CO)CNC(=O)CC1(CC(=O)O)CCCC1. The minimum Gasteiger partial charge on any atom is -0.481 e. The van der Waals surface area contributed by atoms with Crippen LogP contribution < -0.4 is 5.32 Å². The molecule has 1 rings (SSSR count). The maximum atomic E-state index is 12.2. The van der Waals surface area contributed by atoms with E-state index in [0.29, 0.717) is 6.54 Å². The Hall–Kier alpha value is -1.10. The summed E-state index contributed by atoms with van der Waals surface area (Å²) in [7, 11) is 0. The summed E-state index contributed by atoms with van der Waals surface area (Å²) in [5.41, 5.74) is -0.623. The first-order valence-corrected chi connectivity index (χ1v) is 8.00. The van der Waals surface area contributed by atoms with Gasteiger partial charge in [-0.3, -0.25) is 9.59 Å². The van der Waals surface area contributed by atoms with Gasteiger partial charge in [-0.05, 0) is 31.1 Å². The summed E-state index contributed by atoms with van der Waals surface area (Å²) in [6, 6.07) is 0. The van der Waals surface area contributed by atoms with E-state index in [1.807, 2.05) is 13.8 Å². The lowest BCUT2D eigenvalue weighted by Crippen LogP contribution is -2.41. The number of aliphatic carboxylic acids is 1. The van der Waals surface area contributed by atoms with Crippen molar-refractivity contribution in [1.29, 1.82) is 0 Å². The molecule has 0 spiro atoms. The molecule has 0 atom stereocenters. The van der Waals surface area contributed by atoms with E-state index in [1.165, 1.54) is 0 Å². The first-order chi connectivity index (χ1) is 9.91. The van der Waals surface area contributed by atoms with E-state index in [2.05, 4.69) is 5.32 Å². The van der Waals surface area contributed by atoms with Gasteiger partial charge in [0, 0.05) is 18.4 Å². The quantitative estimate of drug-likeness (QED) is 0.610. The van der Waals surface area contributed by atoms with Crippen LogP contribution in [0.1, 0.15) is 65.2 Å². The number of nitrogens with one attached hydrogen (secondary N) is 1. The molecule has 21 heavy (non-hydrogen) atoms. The number of carbonyl (C=O) groups excluding carboxylic acids is 1. The second-order valence-corrected chi connectivity index (χ2v) is 6.60. The van der Waals surface area contributed by atoms with Crippen LogP contribution in [-0.4, -0.2) is 35.2 Å². The van der Waals surface area contributed by atoms with E-state index in [0.717, 1.165) is 38.5 Å². The van der Waals surface area contributed by atoms with Gasteiger partial charge in [0.2, 0.25) is 5.91 Å². The van der Waals surface area contributed by atoms with Crippen molar-refractivity contribution in [3.05, 3.63) is 0 Å². The summed E-state index contributed by atoms with van der Waals surface area (Å²) in [5.74, 6) is -0.908. The molecule has 0 aromatic heterocycles. The second-order valence-electron chi connectivity index (χ2n) is 6.60. The molecule has 1 fully saturated rings. The van der Waals surface area contributed by atoms with Gasteiger partial charge in [-0.1, -0.05) is 26.7 Å². The topological polar surface area (TPSA) is 86.6 Å². The molecule has 0 aromatic rings. The van der Waals surface area contributed by atoms with Crippen molar-refractivity contribution >= 4 is 11.9 Å². The molecule has 0 heterocycles. The summed E-state index contributed by atoms with van der Waals surface area (Å²) >= 11 is 0. The van der Waals surface area contributed by atoms with Crippen LogP contribution in [0.15, 0.2) is 0 Å². The molecule has 1 saturated carbocycles. The highest BCUT2D eigenvalue weighted by Crippen LogP contribution is 2.44. The van der Waals surface area contributed by atoms with Gasteiger partial charge in [0.05, 0.1) is 13.0 Å². The molecule has 0 aromatic carbocycles. The molecule has 0 unspecified atom stereocenters. The number of hydrogen-bond donors (Lipinski definition) is 3. The van der Waals surface area contributed by atoms with Gasteiger partial charge in [-0.15, -0.1) is 0 Å². The highest BCUT2D eigenvalue weighted by Gasteiger charge is 2.38. The number of rotatable bonds is 9. The van der Waals surface area contributed by atoms with Crippen LogP contribution >= 0.6 is 0 Å². The highest BCUT2D eigenvalue weighted by molar-refractivity contribution is 5.78. The average molecular weight is 299 g/mol. The van der Waals surface area contributed by atoms with E-state index in [1.54, 1.807) is 0 Å². The molecule has 0 bridgehead atoms. The van der Waals surface area contributed by atoms with Crippen molar-refractivity contribution in [1.82, 2.24) is 5.32 Å². The van der Waals surface area contributed by atoms with Crippen molar-refractivity contribution in [2.75, 3.05) is 13.2 Å². The molecule has 0 aliphatic heterocycles. The van der Waals surface area contributed by atoms with Crippen LogP contribution in [0.3, 0.4) is 0 Å². The van der Waals surface area contributed by atoms with Gasteiger partial charge in [0.15, 0.2) is 0 Å². The number of carboxylic acids is 1. The van der Waals surface area contributed by atoms with E-state index in [-0.39, 0.29) is 36.2 Å². The smallest absolute Gasteiger partial charge is 0.303 e. The molecule has 0 radical (unpaired) electrons. The lowest BCUT2D eigenvalue weighted by molar-refractivity contribution is -0.140. The van der Waals surface area contributed by atoms with Gasteiger partial charge in [-0.2, -0.15) is 0 Å². The number of aliphatic hydroxyl groups is 1. The molecule has 1 aliphatic rings. The third-order valence-corrected chi connectivity index (χ3v) is 5.22. The lowest BCUT2D eigenvalue weighted by Gasteiger charge is -2.31. The normalized spacial score (nSPS) is 17.7. The number of aliphatic hydroxyl groups excluding tert-OH is 1. The zero-order valence-corrected chi connectivity index (χ0v) is 13.3. The van der Waals surface area contributed by atoms with Gasteiger partial charge in [0.25, 0.3) is 0 Å². The summed E-state index contributed by atoms with van der Waals surface area (Å²) < 4.78 is 0. The fourth-order valence-corrected chi connectivity index (χ4v) is 3.33. The monoisotopic (exact) mass is 299 g/mol. The fraction of sp³-hybridized carbons (Fsp3) is 0.875. The third kappa shape index (κ3) is 4.99. The van der Waals surface area contributed by atoms with Gasteiger partial charge in [-0.25, -0.2) is 0 Å². The predicted molar refractivity (Wildman–Crippen MR) is 80.9 cm³/mol. The molecule has 0 saturated heterocycles. The minimum atomic E-state index is -0.823. The standard InChI is InChI=1S/C16H29NO4/c1-3-15(4-2,12-18)11-17-13(19)9-16(10-14(20)21)7-5-6-8-16/h18H,3-12H2,1-2H3,(H,17,19)(H,20,21). The van der Waals surface area contributed by atoms with E-state index in [9.17, 15) is 14.7 Å². The Morgan fingerprint density at radius 2 is 1.71 bits per heavy atom. The summed E-state index contributed by atoms with van der Waals surface area (Å²) in [6.45, 7) is 4.53. The predicted octanol–water partition coefficient (Wildman–Crippen LogP) is 2.33. The Balaban J connectivity index is 2.57. The Morgan fingerprint density at radius 3 is 2.14 bits per heavy atom. The zero-order chi connectivity index (χ0) is 15.9. The first kappa shape index (κ1) is 18.0. The maximum absolute atomic E-state index is 12.2. The molecular weight excluding hydrogens is 270 g/mol. The largest absolute Gasteiger partial charge is 0.481 e. The zero-order valence-electron chi connectivity index (χ0n) is 13.3. The fourth-order valence-electron chi connectivity index (χ4n) is 3.33. The first-order valence-electron chi connectivity index (χ1n) is 8.00. The molecule has 122 valence electrons. The molecule has 5 heteroatoms. The van der Waals surface area contributed by atoms with Gasteiger partial charge >= 0.3 is 5.97 Å². The average Bonchev–Trinajstić information content (AvgIpc) is 2.88. The molecule has 3 N–H and O–H groups in total. The molecule has 5 nitrogen and oxygen atoms in total. The Labute approximate surface area is 127 Å². The van der Waals surface area contributed by atoms with E-state index in [4.69, 9.17) is 5.11 Å². The molecule has 1 amide bonds. The van der Waals surface area contributed by atoms with Crippen molar-refractivity contribution < 1.29 is 19.8 Å². The molecular formula is C16H29NO4. The van der Waals surface area contributed by atoms with E-state index < -0.39 is 5.97 Å². The van der Waals surface area contributed by atoms with Crippen LogP contribution in [0.5, 0.6) is 0 Å². The third-order valence-electron chi connectivity index (χ3n) is 5.22. The maximum Gasteiger partial charge on any atom is 0.303 e. The van der Waals surface area contributed by atoms with Crippen molar-refractivity contribution in [3.8, 4) is 0 Å². The Morgan fingerprint density at radius 1 is 1.14 bits per heavy atom. The van der Waals surface area contributed by atoms with Crippen LogP contribution in [0.4, 0.5) is 0 Å². The van der Waals surface area contributed by atoms with Crippen LogP contribution in [0.25, 0.3) is 0 Å². The minimum absolute atomic E-state index is 0.0561. The van der Waals surface area contributed by atoms with Crippen molar-refractivity contribution in [3.63, 3.8) is 0 Å². The summed E-state index contributed by atoms with van der Waals surface area (Å²) in [4.78, 5) is 23.2. The second kappa shape index (κ2) is 7.78. The van der Waals surface area contributed by atoms with Crippen LogP contribution in [0, 0.1) is 10.8 Å². The van der Waals surface area contributed by atoms with Crippen molar-refractivity contribution in [2.24, 2.45) is 10.8 Å². The van der Waals surface area contributed by atoms with Crippen LogP contribution in [-0.2, 0) is 9.59 Å². The van der Waals surface area contributed by atoms with E-state index >= 15 is 0 Å². The summed E-state index contributed by atoms with van der Waals surface area (Å²) in [5, 5.41) is 21.5. The number of carboxylic acid groups (broad SMARTS) is 1. The van der Waals surface area contributed by atoms with Crippen molar-refractivity contribution in [2.45, 2.75) is 65.2 Å². The van der Waals surface area contributed by atoms with Gasteiger partial charge < -0.3 is 15.5 Å². The lowest BCUT2D eigenvalue weighted by atomic mass is 9.79. The number of carbonyl (C=O) groups is 2. The van der Waals surface area contributed by atoms with Gasteiger partial charge in [0.1, 0.15) is 0 Å². The Bertz CT molecular complexity index is 349. The number of hydrogen-bond acceptors (Lipinski definition) is 3. The summed E-state index contributed by atoms with van der Waals surface area (Å²) in [6.07, 6.45) is 5.62. The van der Waals surface area contributed by atoms with Crippen LogP contribution in [0.2, 0.25) is 0 Å². The number of amides is 1. The Kier molecular flexibility index (Phi) is 6.65. The molecule has 1 aliphatic carbocycles. The highest BCUT2D eigenvalue weighted by atomic mass is 16.4.